The van der Waals surface area contributed by atoms with Crippen LogP contribution in [-0.4, -0.2) is 25.2 Å². The first-order valence-corrected chi connectivity index (χ1v) is 8.67. The molecule has 0 aliphatic heterocycles. The fourth-order valence-corrected chi connectivity index (χ4v) is 4.67. The number of hydrogen-bond donors (Lipinski definition) is 2. The molecule has 1 fully saturated rings. The lowest BCUT2D eigenvalue weighted by molar-refractivity contribution is 0.383. The Morgan fingerprint density at radius 3 is 2.33 bits per heavy atom. The molecule has 0 aromatic heterocycles. The molecule has 0 amide bonds. The minimum atomic E-state index is -3.29. The summed E-state index contributed by atoms with van der Waals surface area (Å²) in [5.74, 6) is 0.567. The normalized spacial score (nSPS) is 19.9. The third-order valence-corrected chi connectivity index (χ3v) is 5.24. The van der Waals surface area contributed by atoms with Gasteiger partial charge in [-0.15, -0.1) is 0 Å². The van der Waals surface area contributed by atoms with Crippen LogP contribution in [0.15, 0.2) is 0 Å². The summed E-state index contributed by atoms with van der Waals surface area (Å²) in [6, 6.07) is -0.436. The Morgan fingerprint density at radius 1 is 1.33 bits per heavy atom. The van der Waals surface area contributed by atoms with Crippen LogP contribution in [0.1, 0.15) is 46.0 Å². The number of nitrogens with two attached hydrogens (primary N) is 1. The Bertz CT molecular complexity index is 374. The minimum Gasteiger partial charge on any atom is -0.392 e. The van der Waals surface area contributed by atoms with Crippen LogP contribution in [0.25, 0.3) is 0 Å². The number of sulfonamides is 1. The van der Waals surface area contributed by atoms with Crippen LogP contribution in [0.2, 0.25) is 0 Å². The predicted octanol–water partition coefficient (Wildman–Crippen LogP) is 1.80. The average molecular weight is 292 g/mol. The van der Waals surface area contributed by atoms with E-state index in [0.717, 1.165) is 25.7 Å². The fraction of sp³-hybridized carbons (Fsp3) is 0.917. The second-order valence-electron chi connectivity index (χ2n) is 5.53. The summed E-state index contributed by atoms with van der Waals surface area (Å²) in [7, 11) is -3.29. The van der Waals surface area contributed by atoms with E-state index in [4.69, 9.17) is 18.0 Å². The molecule has 0 bridgehead atoms. The van der Waals surface area contributed by atoms with E-state index in [1.165, 1.54) is 6.42 Å². The molecule has 6 heteroatoms. The standard InChI is InChI=1S/C12H24N2O2S2/c1-9(2)11(12(13)17)14-18(15,16)8-10-6-4-3-5-7-10/h9-11,14H,3-8H2,1-2H3,(H2,13,17). The lowest BCUT2D eigenvalue weighted by atomic mass is 9.91. The number of nitrogens with one attached hydrogen (secondary N) is 1. The molecule has 1 atom stereocenters. The molecule has 3 N–H and O–H groups in total. The van der Waals surface area contributed by atoms with Crippen LogP contribution >= 0.6 is 12.2 Å². The summed E-state index contributed by atoms with van der Waals surface area (Å²) in [4.78, 5) is 0.220. The van der Waals surface area contributed by atoms with Crippen molar-refractivity contribution in [2.24, 2.45) is 17.6 Å². The zero-order valence-corrected chi connectivity index (χ0v) is 12.8. The van der Waals surface area contributed by atoms with Gasteiger partial charge in [-0.05, 0) is 24.7 Å². The Kier molecular flexibility index (Phi) is 6.01. The van der Waals surface area contributed by atoms with Crippen LogP contribution in [-0.2, 0) is 10.0 Å². The Morgan fingerprint density at radius 2 is 1.89 bits per heavy atom. The van der Waals surface area contributed by atoms with Gasteiger partial charge in [-0.2, -0.15) is 0 Å². The van der Waals surface area contributed by atoms with Crippen molar-refractivity contribution in [3.8, 4) is 0 Å². The molecule has 18 heavy (non-hydrogen) atoms. The van der Waals surface area contributed by atoms with Crippen LogP contribution in [0, 0.1) is 11.8 Å². The van der Waals surface area contributed by atoms with Crippen LogP contribution < -0.4 is 10.5 Å². The smallest absolute Gasteiger partial charge is 0.212 e. The molecule has 1 rings (SSSR count). The summed E-state index contributed by atoms with van der Waals surface area (Å²) in [5, 5.41) is 0. The second-order valence-corrected chi connectivity index (χ2v) is 7.80. The maximum atomic E-state index is 12.1. The second kappa shape index (κ2) is 6.82. The number of thiocarbonyl (C=S) groups is 1. The molecule has 4 nitrogen and oxygen atoms in total. The summed E-state index contributed by atoms with van der Waals surface area (Å²) in [5.41, 5.74) is 5.58. The summed E-state index contributed by atoms with van der Waals surface area (Å²) >= 11 is 4.92. The first kappa shape index (κ1) is 15.9. The summed E-state index contributed by atoms with van der Waals surface area (Å²) in [6.45, 7) is 3.82. The van der Waals surface area contributed by atoms with Crippen molar-refractivity contribution < 1.29 is 8.42 Å². The molecule has 0 saturated heterocycles. The molecule has 0 spiro atoms. The lowest BCUT2D eigenvalue weighted by Gasteiger charge is -2.25. The van der Waals surface area contributed by atoms with E-state index in [9.17, 15) is 8.42 Å². The highest BCUT2D eigenvalue weighted by molar-refractivity contribution is 7.89. The quantitative estimate of drug-likeness (QED) is 0.732. The fourth-order valence-electron chi connectivity index (χ4n) is 2.43. The molecule has 1 aliphatic carbocycles. The summed E-state index contributed by atoms with van der Waals surface area (Å²) < 4.78 is 26.8. The first-order chi connectivity index (χ1) is 8.32. The molecule has 1 aliphatic rings. The molecule has 1 unspecified atom stereocenters. The highest BCUT2D eigenvalue weighted by Crippen LogP contribution is 2.24. The molecular formula is C12H24N2O2S2. The lowest BCUT2D eigenvalue weighted by Crippen LogP contribution is -2.48. The van der Waals surface area contributed by atoms with Crippen LogP contribution in [0.4, 0.5) is 0 Å². The largest absolute Gasteiger partial charge is 0.392 e. The highest BCUT2D eigenvalue weighted by atomic mass is 32.2. The Labute approximate surface area is 116 Å². The van der Waals surface area contributed by atoms with Crippen molar-refractivity contribution in [3.63, 3.8) is 0 Å². The minimum absolute atomic E-state index is 0.0728. The van der Waals surface area contributed by atoms with E-state index in [2.05, 4.69) is 4.72 Å². The zero-order chi connectivity index (χ0) is 13.8. The van der Waals surface area contributed by atoms with Gasteiger partial charge in [-0.25, -0.2) is 13.1 Å². The number of hydrogen-bond acceptors (Lipinski definition) is 3. The van der Waals surface area contributed by atoms with Crippen LogP contribution in [0.3, 0.4) is 0 Å². The molecular weight excluding hydrogens is 268 g/mol. The Balaban J connectivity index is 2.59. The topological polar surface area (TPSA) is 72.2 Å². The van der Waals surface area contributed by atoms with Crippen molar-refractivity contribution in [3.05, 3.63) is 0 Å². The molecule has 0 heterocycles. The molecule has 0 aromatic carbocycles. The monoisotopic (exact) mass is 292 g/mol. The van der Waals surface area contributed by atoms with E-state index in [0.29, 0.717) is 0 Å². The predicted molar refractivity (Wildman–Crippen MR) is 78.9 cm³/mol. The third kappa shape index (κ3) is 5.20. The van der Waals surface area contributed by atoms with Gasteiger partial charge in [-0.3, -0.25) is 0 Å². The van der Waals surface area contributed by atoms with Gasteiger partial charge in [0.25, 0.3) is 0 Å². The molecule has 0 aromatic rings. The van der Waals surface area contributed by atoms with Gasteiger partial charge in [0.05, 0.1) is 16.8 Å². The van der Waals surface area contributed by atoms with E-state index >= 15 is 0 Å². The van der Waals surface area contributed by atoms with Crippen LogP contribution in [0.5, 0.6) is 0 Å². The van der Waals surface area contributed by atoms with Gasteiger partial charge < -0.3 is 5.73 Å². The van der Waals surface area contributed by atoms with Crippen molar-refractivity contribution in [2.75, 3.05) is 5.75 Å². The van der Waals surface area contributed by atoms with Gasteiger partial charge >= 0.3 is 0 Å². The van der Waals surface area contributed by atoms with Crippen molar-refractivity contribution >= 4 is 27.2 Å². The molecule has 1 saturated carbocycles. The zero-order valence-electron chi connectivity index (χ0n) is 11.2. The van der Waals surface area contributed by atoms with Crippen molar-refractivity contribution in [2.45, 2.75) is 52.0 Å². The van der Waals surface area contributed by atoms with Gasteiger partial charge in [0.15, 0.2) is 0 Å². The number of rotatable bonds is 6. The Hall–Kier alpha value is -0.200. The summed E-state index contributed by atoms with van der Waals surface area (Å²) in [6.07, 6.45) is 5.54. The SMILES string of the molecule is CC(C)C(NS(=O)(=O)CC1CCCCC1)C(N)=S. The molecule has 0 radical (unpaired) electrons. The van der Waals surface area contributed by atoms with E-state index in [1.807, 2.05) is 13.8 Å². The van der Waals surface area contributed by atoms with Gasteiger partial charge in [0, 0.05) is 0 Å². The molecule has 106 valence electrons. The third-order valence-electron chi connectivity index (χ3n) is 3.46. The first-order valence-electron chi connectivity index (χ1n) is 6.61. The van der Waals surface area contributed by atoms with Crippen molar-refractivity contribution in [1.82, 2.24) is 4.72 Å². The van der Waals surface area contributed by atoms with E-state index in [1.54, 1.807) is 0 Å². The van der Waals surface area contributed by atoms with E-state index in [-0.39, 0.29) is 22.6 Å². The van der Waals surface area contributed by atoms with Gasteiger partial charge in [0.1, 0.15) is 0 Å². The maximum absolute atomic E-state index is 12.1. The van der Waals surface area contributed by atoms with Gasteiger partial charge in [-0.1, -0.05) is 45.3 Å². The highest BCUT2D eigenvalue weighted by Gasteiger charge is 2.26. The van der Waals surface area contributed by atoms with E-state index < -0.39 is 16.1 Å². The maximum Gasteiger partial charge on any atom is 0.212 e. The average Bonchev–Trinajstić information content (AvgIpc) is 2.26. The van der Waals surface area contributed by atoms with Gasteiger partial charge in [0.2, 0.25) is 10.0 Å². The van der Waals surface area contributed by atoms with Crippen molar-refractivity contribution in [1.29, 1.82) is 0 Å².